The van der Waals surface area contributed by atoms with Crippen molar-refractivity contribution in [1.82, 2.24) is 4.37 Å². The number of halogens is 2. The fourth-order valence-electron chi connectivity index (χ4n) is 0.213. The van der Waals surface area contributed by atoms with E-state index in [1.165, 1.54) is 0 Å². The zero-order chi connectivity index (χ0) is 5.28. The predicted molar refractivity (Wildman–Crippen MR) is 22.0 cm³/mol. The molecule has 0 saturated carbocycles. The molecule has 0 saturated heterocycles. The molecule has 0 N–H and O–H groups in total. The first kappa shape index (κ1) is 4.64. The third kappa shape index (κ3) is 0.742. The molecule has 4 heteroatoms. The fraction of sp³-hybridized carbons (Fsp3) is 0. The molecule has 1 aromatic rings. The normalized spacial score (nSPS) is 9.43. The van der Waals surface area contributed by atoms with Gasteiger partial charge in [-0.3, -0.25) is 0 Å². The Morgan fingerprint density at radius 3 is 2.43 bits per heavy atom. The minimum atomic E-state index is -0.870. The lowest BCUT2D eigenvalue weighted by atomic mass is 10.7. The molecule has 0 aromatic carbocycles. The Labute approximate surface area is 42.8 Å². The summed E-state index contributed by atoms with van der Waals surface area (Å²) in [7, 11) is 0. The number of nitrogens with zero attached hydrogens (tertiary/aromatic N) is 1. The first-order valence-corrected chi connectivity index (χ1v) is 2.33. The van der Waals surface area contributed by atoms with Gasteiger partial charge in [0.15, 0.2) is 5.82 Å². The third-order valence-electron chi connectivity index (χ3n) is 0.487. The highest BCUT2D eigenvalue weighted by atomic mass is 32.1. The Bertz CT molecular complexity index is 145. The quantitative estimate of drug-likeness (QED) is 0.505. The molecule has 0 aliphatic heterocycles. The van der Waals surface area contributed by atoms with Crippen LogP contribution >= 0.6 is 11.5 Å². The lowest BCUT2D eigenvalue weighted by molar-refractivity contribution is 0.530. The van der Waals surface area contributed by atoms with E-state index in [1.807, 2.05) is 0 Å². The predicted octanol–water partition coefficient (Wildman–Crippen LogP) is 1.42. The largest absolute Gasteiger partial charge is 0.231 e. The van der Waals surface area contributed by atoms with Crippen LogP contribution in [0.2, 0.25) is 0 Å². The van der Waals surface area contributed by atoms with Crippen molar-refractivity contribution in [3.63, 3.8) is 0 Å². The van der Waals surface area contributed by atoms with Crippen molar-refractivity contribution in [2.75, 3.05) is 0 Å². The Kier molecular flexibility index (Phi) is 1.02. The first-order valence-electron chi connectivity index (χ1n) is 1.56. The van der Waals surface area contributed by atoms with Crippen LogP contribution in [0.5, 0.6) is 0 Å². The monoisotopic (exact) mass is 121 g/mol. The van der Waals surface area contributed by atoms with Crippen LogP contribution in [0.3, 0.4) is 0 Å². The van der Waals surface area contributed by atoms with Crippen LogP contribution in [0.1, 0.15) is 0 Å². The number of aromatic nitrogens is 1. The van der Waals surface area contributed by atoms with Gasteiger partial charge >= 0.3 is 0 Å². The van der Waals surface area contributed by atoms with Gasteiger partial charge in [0, 0.05) is 0 Å². The van der Waals surface area contributed by atoms with Crippen LogP contribution < -0.4 is 0 Å². The minimum absolute atomic E-state index is 0.513. The van der Waals surface area contributed by atoms with Gasteiger partial charge in [-0.15, -0.1) is 0 Å². The fourth-order valence-corrected chi connectivity index (χ4v) is 0.591. The molecule has 0 amide bonds. The molecule has 0 unspecified atom stereocenters. The van der Waals surface area contributed by atoms with E-state index in [1.54, 1.807) is 0 Å². The summed E-state index contributed by atoms with van der Waals surface area (Å²) in [6, 6.07) is 0. The summed E-state index contributed by atoms with van der Waals surface area (Å²) in [5.74, 6) is -0.870. The van der Waals surface area contributed by atoms with Crippen LogP contribution in [-0.4, -0.2) is 4.37 Å². The zero-order valence-corrected chi connectivity index (χ0v) is 4.01. The van der Waals surface area contributed by atoms with Gasteiger partial charge < -0.3 is 0 Å². The Morgan fingerprint density at radius 2 is 2.29 bits per heavy atom. The Morgan fingerprint density at radius 1 is 1.57 bits per heavy atom. The van der Waals surface area contributed by atoms with E-state index in [0.29, 0.717) is 11.5 Å². The minimum Gasteiger partial charge on any atom is -0.201 e. The summed E-state index contributed by atoms with van der Waals surface area (Å²) in [6.07, 6.45) is 0.847. The lowest BCUT2D eigenvalue weighted by Crippen LogP contribution is -1.64. The second-order valence-corrected chi connectivity index (χ2v) is 1.70. The summed E-state index contributed by atoms with van der Waals surface area (Å²) >= 11 is 0.513. The van der Waals surface area contributed by atoms with Gasteiger partial charge in [-0.05, 0) is 11.5 Å². The van der Waals surface area contributed by atoms with E-state index in [4.69, 9.17) is 0 Å². The van der Waals surface area contributed by atoms with Crippen molar-refractivity contribution in [1.29, 1.82) is 0 Å². The van der Waals surface area contributed by atoms with E-state index in [0.717, 1.165) is 6.20 Å². The van der Waals surface area contributed by atoms with Gasteiger partial charge in [-0.1, -0.05) is 0 Å². The average Bonchev–Trinajstić information content (AvgIpc) is 1.91. The zero-order valence-electron chi connectivity index (χ0n) is 3.19. The average molecular weight is 121 g/mol. The number of rotatable bonds is 0. The highest BCUT2D eigenvalue weighted by Gasteiger charge is 1.99. The maximum absolute atomic E-state index is 11.7. The SMILES string of the molecule is Fc1cnsc1F. The van der Waals surface area contributed by atoms with Crippen molar-refractivity contribution >= 4 is 11.5 Å². The summed E-state index contributed by atoms with van der Waals surface area (Å²) in [5.41, 5.74) is 0. The highest BCUT2D eigenvalue weighted by Crippen LogP contribution is 2.06. The lowest BCUT2D eigenvalue weighted by Gasteiger charge is -1.67. The van der Waals surface area contributed by atoms with Crippen molar-refractivity contribution in [3.8, 4) is 0 Å². The van der Waals surface area contributed by atoms with E-state index in [9.17, 15) is 8.78 Å². The molecule has 0 radical (unpaired) electrons. The summed E-state index contributed by atoms with van der Waals surface area (Å²) in [5, 5.41) is -0.847. The van der Waals surface area contributed by atoms with Gasteiger partial charge in [0.2, 0.25) is 5.13 Å². The van der Waals surface area contributed by atoms with E-state index in [2.05, 4.69) is 4.37 Å². The topological polar surface area (TPSA) is 12.9 Å². The molecule has 7 heavy (non-hydrogen) atoms. The summed E-state index contributed by atoms with van der Waals surface area (Å²) in [6.45, 7) is 0. The maximum atomic E-state index is 11.7. The van der Waals surface area contributed by atoms with Crippen molar-refractivity contribution in [3.05, 3.63) is 17.1 Å². The van der Waals surface area contributed by atoms with Crippen LogP contribution in [0.15, 0.2) is 6.20 Å². The molecule has 1 heterocycles. The summed E-state index contributed by atoms with van der Waals surface area (Å²) < 4.78 is 26.5. The van der Waals surface area contributed by atoms with Crippen LogP contribution in [0.25, 0.3) is 0 Å². The van der Waals surface area contributed by atoms with Gasteiger partial charge in [0.05, 0.1) is 6.20 Å². The number of hydrogen-bond acceptors (Lipinski definition) is 2. The van der Waals surface area contributed by atoms with E-state index < -0.39 is 10.9 Å². The molecular weight excluding hydrogens is 120 g/mol. The van der Waals surface area contributed by atoms with Gasteiger partial charge in [0.1, 0.15) is 0 Å². The van der Waals surface area contributed by atoms with Gasteiger partial charge in [-0.25, -0.2) is 4.39 Å². The molecule has 0 bridgehead atoms. The Hall–Kier alpha value is -0.510. The van der Waals surface area contributed by atoms with Crippen molar-refractivity contribution in [2.24, 2.45) is 0 Å². The third-order valence-corrected chi connectivity index (χ3v) is 1.05. The van der Waals surface area contributed by atoms with Crippen LogP contribution in [0.4, 0.5) is 8.78 Å². The van der Waals surface area contributed by atoms with Crippen LogP contribution in [0, 0.1) is 10.9 Å². The standard InChI is InChI=1S/C3HF2NS/c4-2-1-6-7-3(2)5/h1H. The van der Waals surface area contributed by atoms with Gasteiger partial charge in [0.25, 0.3) is 0 Å². The molecule has 1 rings (SSSR count). The smallest absolute Gasteiger partial charge is 0.201 e. The molecule has 38 valence electrons. The van der Waals surface area contributed by atoms with Crippen LogP contribution in [-0.2, 0) is 0 Å². The second-order valence-electron chi connectivity index (χ2n) is 0.947. The molecule has 1 aromatic heterocycles. The second kappa shape index (κ2) is 1.54. The molecule has 0 aliphatic rings. The molecular formula is C3HF2NS. The maximum Gasteiger partial charge on any atom is 0.231 e. The molecule has 0 aliphatic carbocycles. The molecule has 1 nitrogen and oxygen atoms in total. The number of hydrogen-bond donors (Lipinski definition) is 0. The van der Waals surface area contributed by atoms with Gasteiger partial charge in [-0.2, -0.15) is 8.76 Å². The molecule has 0 fully saturated rings. The molecule has 0 atom stereocenters. The van der Waals surface area contributed by atoms with E-state index >= 15 is 0 Å². The van der Waals surface area contributed by atoms with E-state index in [-0.39, 0.29) is 0 Å². The molecule has 0 spiro atoms. The Balaban J connectivity index is 3.12. The van der Waals surface area contributed by atoms with Crippen molar-refractivity contribution in [2.45, 2.75) is 0 Å². The van der Waals surface area contributed by atoms with Crippen molar-refractivity contribution < 1.29 is 8.78 Å². The summed E-state index contributed by atoms with van der Waals surface area (Å²) in [4.78, 5) is 0. The first-order chi connectivity index (χ1) is 3.30. The highest BCUT2D eigenvalue weighted by molar-refractivity contribution is 7.03.